The highest BCUT2D eigenvalue weighted by Crippen LogP contribution is 2.21. The summed E-state index contributed by atoms with van der Waals surface area (Å²) in [4.78, 5) is 16.5. The van der Waals surface area contributed by atoms with E-state index in [2.05, 4.69) is 10.3 Å². The summed E-state index contributed by atoms with van der Waals surface area (Å²) in [6.07, 6.45) is 3.46. The Morgan fingerprint density at radius 2 is 1.79 bits per heavy atom. The number of nitrogens with zero attached hydrogens (tertiary/aromatic N) is 2. The summed E-state index contributed by atoms with van der Waals surface area (Å²) in [7, 11) is -3.44. The topological polar surface area (TPSA) is 79.4 Å². The number of pyridine rings is 1. The average Bonchev–Trinajstić information content (AvgIpc) is 3.16. The van der Waals surface area contributed by atoms with Crippen molar-refractivity contribution in [3.05, 3.63) is 59.9 Å². The first kappa shape index (κ1) is 16.6. The van der Waals surface area contributed by atoms with Crippen molar-refractivity contribution in [2.75, 3.05) is 13.1 Å². The van der Waals surface area contributed by atoms with Gasteiger partial charge in [0, 0.05) is 24.8 Å². The lowest BCUT2D eigenvalue weighted by Gasteiger charge is -2.15. The maximum Gasteiger partial charge on any atom is 0.251 e. The van der Waals surface area contributed by atoms with Crippen LogP contribution >= 0.6 is 0 Å². The van der Waals surface area contributed by atoms with Crippen LogP contribution in [0.2, 0.25) is 0 Å². The number of rotatable bonds is 5. The molecule has 0 atom stereocenters. The molecule has 24 heavy (non-hydrogen) atoms. The highest BCUT2D eigenvalue weighted by atomic mass is 32.2. The Morgan fingerprint density at radius 1 is 1.08 bits per heavy atom. The number of sulfonamides is 1. The van der Waals surface area contributed by atoms with E-state index in [9.17, 15) is 13.2 Å². The molecule has 1 amide bonds. The van der Waals surface area contributed by atoms with Gasteiger partial charge in [-0.2, -0.15) is 4.31 Å². The van der Waals surface area contributed by atoms with Gasteiger partial charge in [0.15, 0.2) is 0 Å². The summed E-state index contributed by atoms with van der Waals surface area (Å²) in [5, 5.41) is 2.77. The third kappa shape index (κ3) is 3.63. The lowest BCUT2D eigenvalue weighted by atomic mass is 10.2. The SMILES string of the molecule is O=C(NCc1ccccn1)c1ccc(S(=O)(=O)N2CCCC2)cc1. The predicted octanol–water partition coefficient (Wildman–Crippen LogP) is 1.80. The Morgan fingerprint density at radius 3 is 2.42 bits per heavy atom. The first-order chi connectivity index (χ1) is 11.6. The summed E-state index contributed by atoms with van der Waals surface area (Å²) in [5.41, 5.74) is 1.19. The first-order valence-corrected chi connectivity index (χ1v) is 9.30. The number of hydrogen-bond acceptors (Lipinski definition) is 4. The molecule has 0 bridgehead atoms. The lowest BCUT2D eigenvalue weighted by molar-refractivity contribution is 0.0950. The number of aromatic nitrogens is 1. The minimum Gasteiger partial charge on any atom is -0.346 e. The molecule has 0 radical (unpaired) electrons. The molecule has 1 fully saturated rings. The van der Waals surface area contributed by atoms with E-state index in [1.165, 1.54) is 28.6 Å². The molecule has 126 valence electrons. The van der Waals surface area contributed by atoms with Crippen LogP contribution in [0.4, 0.5) is 0 Å². The van der Waals surface area contributed by atoms with Gasteiger partial charge in [-0.15, -0.1) is 0 Å². The van der Waals surface area contributed by atoms with E-state index in [0.29, 0.717) is 25.2 Å². The molecule has 1 aliphatic heterocycles. The van der Waals surface area contributed by atoms with Crippen LogP contribution < -0.4 is 5.32 Å². The number of carbonyl (C=O) groups excluding carboxylic acids is 1. The largest absolute Gasteiger partial charge is 0.346 e. The van der Waals surface area contributed by atoms with Crippen LogP contribution in [-0.2, 0) is 16.6 Å². The molecule has 3 rings (SSSR count). The molecule has 7 heteroatoms. The van der Waals surface area contributed by atoms with E-state index in [1.807, 2.05) is 18.2 Å². The Hall–Kier alpha value is -2.25. The van der Waals surface area contributed by atoms with Crippen molar-refractivity contribution in [2.24, 2.45) is 0 Å². The molecule has 1 saturated heterocycles. The molecule has 0 unspecified atom stereocenters. The van der Waals surface area contributed by atoms with Gasteiger partial charge < -0.3 is 5.32 Å². The molecule has 0 spiro atoms. The van der Waals surface area contributed by atoms with E-state index in [0.717, 1.165) is 18.5 Å². The van der Waals surface area contributed by atoms with Crippen molar-refractivity contribution in [2.45, 2.75) is 24.3 Å². The van der Waals surface area contributed by atoms with Crippen molar-refractivity contribution in [1.29, 1.82) is 0 Å². The van der Waals surface area contributed by atoms with Gasteiger partial charge in [0.25, 0.3) is 5.91 Å². The van der Waals surface area contributed by atoms with Gasteiger partial charge in [-0.05, 0) is 49.2 Å². The van der Waals surface area contributed by atoms with Crippen LogP contribution in [0.1, 0.15) is 28.9 Å². The molecule has 1 N–H and O–H groups in total. The smallest absolute Gasteiger partial charge is 0.251 e. The second kappa shape index (κ2) is 7.11. The molecule has 0 saturated carbocycles. The quantitative estimate of drug-likeness (QED) is 0.896. The Bertz CT molecular complexity index is 799. The summed E-state index contributed by atoms with van der Waals surface area (Å²) in [6.45, 7) is 1.46. The predicted molar refractivity (Wildman–Crippen MR) is 89.8 cm³/mol. The second-order valence-electron chi connectivity index (χ2n) is 5.64. The van der Waals surface area contributed by atoms with Gasteiger partial charge in [0.05, 0.1) is 17.1 Å². The monoisotopic (exact) mass is 345 g/mol. The van der Waals surface area contributed by atoms with Crippen LogP contribution in [-0.4, -0.2) is 36.7 Å². The number of carbonyl (C=O) groups is 1. The van der Waals surface area contributed by atoms with Gasteiger partial charge in [-0.25, -0.2) is 8.42 Å². The van der Waals surface area contributed by atoms with Crippen molar-refractivity contribution >= 4 is 15.9 Å². The van der Waals surface area contributed by atoms with Crippen molar-refractivity contribution < 1.29 is 13.2 Å². The fourth-order valence-corrected chi connectivity index (χ4v) is 4.15. The zero-order chi connectivity index (χ0) is 17.0. The highest BCUT2D eigenvalue weighted by molar-refractivity contribution is 7.89. The standard InChI is InChI=1S/C17H19N3O3S/c21-17(19-13-15-5-1-2-10-18-15)14-6-8-16(9-7-14)24(22,23)20-11-3-4-12-20/h1-2,5-10H,3-4,11-13H2,(H,19,21). The average molecular weight is 345 g/mol. The highest BCUT2D eigenvalue weighted by Gasteiger charge is 2.27. The molecular weight excluding hydrogens is 326 g/mol. The molecule has 1 aliphatic rings. The summed E-state index contributed by atoms with van der Waals surface area (Å²) < 4.78 is 26.4. The van der Waals surface area contributed by atoms with E-state index < -0.39 is 10.0 Å². The van der Waals surface area contributed by atoms with Crippen LogP contribution in [0.15, 0.2) is 53.6 Å². The molecule has 0 aliphatic carbocycles. The summed E-state index contributed by atoms with van der Waals surface area (Å²) >= 11 is 0. The number of nitrogens with one attached hydrogen (secondary N) is 1. The van der Waals surface area contributed by atoms with E-state index in [4.69, 9.17) is 0 Å². The lowest BCUT2D eigenvalue weighted by Crippen LogP contribution is -2.28. The molecule has 2 heterocycles. The molecule has 6 nitrogen and oxygen atoms in total. The number of amides is 1. The summed E-state index contributed by atoms with van der Waals surface area (Å²) in [6, 6.07) is 11.5. The van der Waals surface area contributed by atoms with Crippen LogP contribution in [0.25, 0.3) is 0 Å². The van der Waals surface area contributed by atoms with Gasteiger partial charge in [0.2, 0.25) is 10.0 Å². The molecule has 1 aromatic carbocycles. The third-order valence-electron chi connectivity index (χ3n) is 3.98. The first-order valence-electron chi connectivity index (χ1n) is 7.86. The second-order valence-corrected chi connectivity index (χ2v) is 7.58. The van der Waals surface area contributed by atoms with Gasteiger partial charge >= 0.3 is 0 Å². The fourth-order valence-electron chi connectivity index (χ4n) is 2.63. The number of benzene rings is 1. The van der Waals surface area contributed by atoms with Gasteiger partial charge in [-0.3, -0.25) is 9.78 Å². The maximum absolute atomic E-state index is 12.4. The maximum atomic E-state index is 12.4. The minimum absolute atomic E-state index is 0.227. The van der Waals surface area contributed by atoms with Gasteiger partial charge in [0.1, 0.15) is 0 Å². The van der Waals surface area contributed by atoms with Crippen LogP contribution in [0.3, 0.4) is 0 Å². The number of hydrogen-bond donors (Lipinski definition) is 1. The zero-order valence-corrected chi connectivity index (χ0v) is 14.0. The van der Waals surface area contributed by atoms with E-state index in [-0.39, 0.29) is 10.8 Å². The minimum atomic E-state index is -3.44. The normalized spacial score (nSPS) is 15.3. The Balaban J connectivity index is 1.66. The van der Waals surface area contributed by atoms with Crippen molar-refractivity contribution in [1.82, 2.24) is 14.6 Å². The Labute approximate surface area is 141 Å². The van der Waals surface area contributed by atoms with E-state index in [1.54, 1.807) is 6.20 Å². The van der Waals surface area contributed by atoms with Crippen LogP contribution in [0, 0.1) is 0 Å². The zero-order valence-electron chi connectivity index (χ0n) is 13.2. The van der Waals surface area contributed by atoms with Crippen molar-refractivity contribution in [3.8, 4) is 0 Å². The van der Waals surface area contributed by atoms with E-state index >= 15 is 0 Å². The Kier molecular flexibility index (Phi) is 4.92. The van der Waals surface area contributed by atoms with Gasteiger partial charge in [-0.1, -0.05) is 6.07 Å². The molecule has 1 aromatic heterocycles. The summed E-state index contributed by atoms with van der Waals surface area (Å²) in [5.74, 6) is -0.259. The molecular formula is C17H19N3O3S. The third-order valence-corrected chi connectivity index (χ3v) is 5.89. The molecule has 2 aromatic rings. The fraction of sp³-hybridized carbons (Fsp3) is 0.294. The van der Waals surface area contributed by atoms with Crippen molar-refractivity contribution in [3.63, 3.8) is 0 Å². The van der Waals surface area contributed by atoms with Crippen LogP contribution in [0.5, 0.6) is 0 Å².